The molecule has 0 bridgehead atoms. The fourth-order valence-corrected chi connectivity index (χ4v) is 3.48. The summed E-state index contributed by atoms with van der Waals surface area (Å²) in [5.41, 5.74) is 0.594. The Morgan fingerprint density at radius 2 is 1.89 bits per heavy atom. The first-order valence-corrected chi connectivity index (χ1v) is 9.69. The van der Waals surface area contributed by atoms with Gasteiger partial charge in [0.05, 0.1) is 16.4 Å². The van der Waals surface area contributed by atoms with Gasteiger partial charge in [-0.1, -0.05) is 35.3 Å². The molecular formula is C16H12Cl2N4O4S. The normalized spacial score (nSPS) is 17.6. The van der Waals surface area contributed by atoms with Gasteiger partial charge in [-0.15, -0.1) is 0 Å². The lowest BCUT2D eigenvalue weighted by molar-refractivity contribution is -0.117. The highest BCUT2D eigenvalue weighted by Crippen LogP contribution is 2.31. The van der Waals surface area contributed by atoms with E-state index in [1.165, 1.54) is 12.1 Å². The van der Waals surface area contributed by atoms with Crippen molar-refractivity contribution < 1.29 is 17.8 Å². The van der Waals surface area contributed by atoms with Gasteiger partial charge in [-0.3, -0.25) is 9.35 Å². The van der Waals surface area contributed by atoms with E-state index in [2.05, 4.69) is 15.3 Å². The van der Waals surface area contributed by atoms with Crippen LogP contribution >= 0.6 is 23.2 Å². The van der Waals surface area contributed by atoms with Gasteiger partial charge < -0.3 is 0 Å². The van der Waals surface area contributed by atoms with Crippen LogP contribution in [0, 0.1) is 0 Å². The van der Waals surface area contributed by atoms with E-state index in [0.717, 1.165) is 11.1 Å². The number of para-hydroxylation sites is 1. The average Bonchev–Trinajstić information content (AvgIpc) is 2.87. The molecule has 1 aliphatic heterocycles. The summed E-state index contributed by atoms with van der Waals surface area (Å²) in [5, 5.41) is 13.4. The molecule has 1 heterocycles. The molecule has 0 spiro atoms. The Balaban J connectivity index is 1.93. The fourth-order valence-electron chi connectivity index (χ4n) is 2.38. The van der Waals surface area contributed by atoms with Crippen LogP contribution in [0.1, 0.15) is 6.92 Å². The van der Waals surface area contributed by atoms with Crippen LogP contribution in [0.15, 0.2) is 62.7 Å². The predicted octanol–water partition coefficient (Wildman–Crippen LogP) is 4.12. The van der Waals surface area contributed by atoms with E-state index in [0.29, 0.717) is 16.4 Å². The molecule has 1 N–H and O–H groups in total. The summed E-state index contributed by atoms with van der Waals surface area (Å²) in [6.45, 7) is 1.59. The topological polar surface area (TPSA) is 112 Å². The zero-order valence-electron chi connectivity index (χ0n) is 13.7. The van der Waals surface area contributed by atoms with E-state index in [9.17, 15) is 17.8 Å². The van der Waals surface area contributed by atoms with Crippen LogP contribution in [0.25, 0.3) is 0 Å². The maximum atomic E-state index is 12.6. The number of hydrazone groups is 1. The SMILES string of the molecule is CC1=NN(c2ccccc2Cl)C(=O)C1N=Nc1ccc(Cl)cc1S(=O)(=O)O. The molecule has 1 atom stereocenters. The number of rotatable bonds is 4. The molecule has 0 radical (unpaired) electrons. The van der Waals surface area contributed by atoms with Crippen molar-refractivity contribution in [3.8, 4) is 0 Å². The van der Waals surface area contributed by atoms with E-state index in [4.69, 9.17) is 23.2 Å². The Morgan fingerprint density at radius 1 is 1.19 bits per heavy atom. The number of hydrogen-bond donors (Lipinski definition) is 1. The molecule has 140 valence electrons. The van der Waals surface area contributed by atoms with Gasteiger partial charge in [0.15, 0.2) is 6.04 Å². The Kier molecular flexibility index (Phi) is 5.29. The zero-order chi connectivity index (χ0) is 19.8. The van der Waals surface area contributed by atoms with Gasteiger partial charge in [-0.25, -0.2) is 0 Å². The maximum absolute atomic E-state index is 12.6. The molecule has 0 saturated carbocycles. The van der Waals surface area contributed by atoms with E-state index < -0.39 is 27.0 Å². The van der Waals surface area contributed by atoms with Gasteiger partial charge in [-0.05, 0) is 37.3 Å². The third-order valence-corrected chi connectivity index (χ3v) is 5.09. The smallest absolute Gasteiger partial charge is 0.282 e. The number of azo groups is 1. The molecule has 0 saturated heterocycles. The lowest BCUT2D eigenvalue weighted by Crippen LogP contribution is -2.29. The Morgan fingerprint density at radius 3 is 2.56 bits per heavy atom. The summed E-state index contributed by atoms with van der Waals surface area (Å²) in [6, 6.07) is 9.33. The highest BCUT2D eigenvalue weighted by molar-refractivity contribution is 7.86. The Labute approximate surface area is 164 Å². The van der Waals surface area contributed by atoms with Crippen molar-refractivity contribution in [3.63, 3.8) is 0 Å². The number of carbonyl (C=O) groups excluding carboxylic acids is 1. The fraction of sp³-hybridized carbons (Fsp3) is 0.125. The first kappa shape index (κ1) is 19.4. The van der Waals surface area contributed by atoms with Crippen LogP contribution < -0.4 is 5.01 Å². The third kappa shape index (κ3) is 4.01. The number of anilines is 1. The molecule has 0 aliphatic carbocycles. The van der Waals surface area contributed by atoms with Crippen molar-refractivity contribution >= 4 is 56.3 Å². The van der Waals surface area contributed by atoms with Crippen LogP contribution in [-0.4, -0.2) is 30.6 Å². The molecule has 2 aromatic carbocycles. The molecule has 2 aromatic rings. The van der Waals surface area contributed by atoms with Gasteiger partial charge in [-0.2, -0.15) is 28.8 Å². The highest BCUT2D eigenvalue weighted by Gasteiger charge is 2.35. The summed E-state index contributed by atoms with van der Waals surface area (Å²) in [6.07, 6.45) is 0. The van der Waals surface area contributed by atoms with Crippen molar-refractivity contribution in [2.24, 2.45) is 15.3 Å². The minimum atomic E-state index is -4.57. The van der Waals surface area contributed by atoms with Crippen molar-refractivity contribution in [2.45, 2.75) is 17.9 Å². The van der Waals surface area contributed by atoms with E-state index >= 15 is 0 Å². The number of hydrogen-bond acceptors (Lipinski definition) is 6. The molecule has 1 aliphatic rings. The number of nitrogens with zero attached hydrogens (tertiary/aromatic N) is 4. The molecule has 11 heteroatoms. The van der Waals surface area contributed by atoms with Gasteiger partial charge in [0.1, 0.15) is 10.6 Å². The summed E-state index contributed by atoms with van der Waals surface area (Å²) < 4.78 is 32.3. The van der Waals surface area contributed by atoms with Gasteiger partial charge in [0.25, 0.3) is 16.0 Å². The summed E-state index contributed by atoms with van der Waals surface area (Å²) in [5.74, 6) is -0.494. The van der Waals surface area contributed by atoms with Crippen LogP contribution in [-0.2, 0) is 14.9 Å². The molecule has 3 rings (SSSR count). The van der Waals surface area contributed by atoms with Crippen molar-refractivity contribution in [3.05, 3.63) is 52.5 Å². The minimum Gasteiger partial charge on any atom is -0.282 e. The Hall–Kier alpha value is -2.33. The third-order valence-electron chi connectivity index (χ3n) is 3.66. The average molecular weight is 427 g/mol. The highest BCUT2D eigenvalue weighted by atomic mass is 35.5. The lowest BCUT2D eigenvalue weighted by atomic mass is 10.2. The number of benzene rings is 2. The van der Waals surface area contributed by atoms with Gasteiger partial charge in [0.2, 0.25) is 0 Å². The van der Waals surface area contributed by atoms with Gasteiger partial charge in [0, 0.05) is 5.02 Å². The number of carbonyl (C=O) groups is 1. The Bertz CT molecular complexity index is 1090. The molecule has 1 unspecified atom stereocenters. The molecule has 0 aromatic heterocycles. The van der Waals surface area contributed by atoms with Crippen LogP contribution in [0.5, 0.6) is 0 Å². The van der Waals surface area contributed by atoms with Crippen molar-refractivity contribution in [1.82, 2.24) is 0 Å². The molecule has 27 heavy (non-hydrogen) atoms. The predicted molar refractivity (Wildman–Crippen MR) is 102 cm³/mol. The van der Waals surface area contributed by atoms with Crippen molar-refractivity contribution in [2.75, 3.05) is 5.01 Å². The lowest BCUT2D eigenvalue weighted by Gasteiger charge is -2.13. The zero-order valence-corrected chi connectivity index (χ0v) is 16.1. The second kappa shape index (κ2) is 7.35. The second-order valence-corrected chi connectivity index (χ2v) is 7.78. The van der Waals surface area contributed by atoms with E-state index in [-0.39, 0.29) is 10.7 Å². The number of halogens is 2. The standard InChI is InChI=1S/C16H12Cl2N4O4S/c1-9-15(16(23)22(21-9)13-5-3-2-4-11(13)18)20-19-12-7-6-10(17)8-14(12)27(24,25)26/h2-8,15H,1H3,(H,24,25,26). The first-order valence-electron chi connectivity index (χ1n) is 7.50. The van der Waals surface area contributed by atoms with E-state index in [1.54, 1.807) is 31.2 Å². The minimum absolute atomic E-state index is 0.0983. The summed E-state index contributed by atoms with van der Waals surface area (Å²) >= 11 is 11.9. The summed E-state index contributed by atoms with van der Waals surface area (Å²) in [7, 11) is -4.57. The number of amides is 1. The summed E-state index contributed by atoms with van der Waals surface area (Å²) in [4.78, 5) is 12.1. The quantitative estimate of drug-likeness (QED) is 0.584. The van der Waals surface area contributed by atoms with Crippen LogP contribution in [0.2, 0.25) is 10.0 Å². The van der Waals surface area contributed by atoms with Crippen LogP contribution in [0.4, 0.5) is 11.4 Å². The molecule has 0 fully saturated rings. The molecule has 8 nitrogen and oxygen atoms in total. The van der Waals surface area contributed by atoms with Crippen molar-refractivity contribution in [1.29, 1.82) is 0 Å². The monoisotopic (exact) mass is 426 g/mol. The van der Waals surface area contributed by atoms with Crippen LogP contribution in [0.3, 0.4) is 0 Å². The maximum Gasteiger partial charge on any atom is 0.296 e. The van der Waals surface area contributed by atoms with Gasteiger partial charge >= 0.3 is 0 Å². The van der Waals surface area contributed by atoms with E-state index in [1.807, 2.05) is 0 Å². The first-order chi connectivity index (χ1) is 12.7. The largest absolute Gasteiger partial charge is 0.296 e. The second-order valence-electron chi connectivity index (χ2n) is 5.55. The molecule has 1 amide bonds. The molecular weight excluding hydrogens is 415 g/mol.